The lowest BCUT2D eigenvalue weighted by Crippen LogP contribution is -2.74. The molecule has 510 valence electrons. The van der Waals surface area contributed by atoms with E-state index in [-0.39, 0.29) is 27.2 Å². The van der Waals surface area contributed by atoms with E-state index in [0.29, 0.717) is 5.04 Å². The van der Waals surface area contributed by atoms with Crippen LogP contribution in [0, 0.1) is 28.6 Å². The first kappa shape index (κ1) is 78.1. The molecule has 0 radical (unpaired) electrons. The highest BCUT2D eigenvalue weighted by Gasteiger charge is 2.49. The van der Waals surface area contributed by atoms with Gasteiger partial charge in [0.05, 0.1) is 17.1 Å². The van der Waals surface area contributed by atoms with Gasteiger partial charge in [-0.3, -0.25) is 0 Å². The zero-order valence-electron chi connectivity index (χ0n) is 65.0. The van der Waals surface area contributed by atoms with E-state index in [1.165, 1.54) is 74.9 Å². The fourth-order valence-corrected chi connectivity index (χ4v) is 21.9. The number of benzene rings is 10. The normalized spacial score (nSPS) is 12.1. The highest BCUT2D eigenvalue weighted by molar-refractivity contribution is 7.20. The van der Waals surface area contributed by atoms with Gasteiger partial charge < -0.3 is 4.57 Å². The van der Waals surface area contributed by atoms with Crippen molar-refractivity contribution < 1.29 is 1.37 Å². The molecule has 2 nitrogen and oxygen atoms in total. The van der Waals surface area contributed by atoms with E-state index >= 15 is 0 Å². The standard InChI is InChI=1S/C28H28Si.C22H21N.C22H24Si.C7H18Si.C5H9N.2C4H10/c1-28(2,3)23-14-13-21-27(22-23)29(24-15-7-4-8-16-24,25-17-9-5-10-18-25)26-19-11-6-12-20-26;1-22(2,3)16-9-8-10-17(15-16)23-20-13-6-4-11-18(20)19-12-5-7-14-21(19)23;1-22(2,3)23(19-13-7-4-8-14-19,20-15-9-5-10-16-20)21-17-11-6-12-18-21;1-7(2,3)8(4,5)6;1-5(2,3)4-6;2*1-4(2)3/h4-22H,1-3H3;4-15H,1-3H3;4-18H,1-3H3;1-6H3;1-3H3;2*4H,1-3H3/i;;;;;4D;. The van der Waals surface area contributed by atoms with Crippen LogP contribution in [0.2, 0.25) is 29.7 Å². The van der Waals surface area contributed by atoms with Crippen LogP contribution in [0.3, 0.4) is 0 Å². The monoisotopic (exact) mass is 1340 g/mol. The van der Waals surface area contributed by atoms with Crippen LogP contribution < -0.4 is 36.3 Å². The van der Waals surface area contributed by atoms with Crippen LogP contribution >= 0.6 is 0 Å². The van der Waals surface area contributed by atoms with Crippen LogP contribution in [0.1, 0.15) is 158 Å². The van der Waals surface area contributed by atoms with Gasteiger partial charge in [-0.2, -0.15) is 5.26 Å². The topological polar surface area (TPSA) is 28.7 Å². The van der Waals surface area contributed by atoms with Gasteiger partial charge in [-0.1, -0.05) is 399 Å². The lowest BCUT2D eigenvalue weighted by molar-refractivity contribution is 0.561. The number of para-hydroxylation sites is 2. The lowest BCUT2D eigenvalue weighted by atomic mass is 9.87. The highest BCUT2D eigenvalue weighted by Crippen LogP contribution is 2.37. The Hall–Kier alpha value is -7.86. The number of aromatic nitrogens is 1. The van der Waals surface area contributed by atoms with Gasteiger partial charge in [0.1, 0.15) is 0 Å². The number of nitriles is 1. The van der Waals surface area contributed by atoms with Crippen molar-refractivity contribution in [3.05, 3.63) is 290 Å². The molecule has 1 aromatic heterocycles. The third-order valence-electron chi connectivity index (χ3n) is 17.7. The second kappa shape index (κ2) is 35.1. The molecule has 0 spiro atoms. The molecule has 0 aliphatic heterocycles. The van der Waals surface area contributed by atoms with Crippen LogP contribution in [0.5, 0.6) is 0 Å². The first-order valence-corrected chi connectivity index (χ1v) is 42.6. The molecule has 0 unspecified atom stereocenters. The number of hydrogen-bond acceptors (Lipinski definition) is 1. The molecule has 0 amide bonds. The Morgan fingerprint density at radius 1 is 0.340 bits per heavy atom. The molecule has 0 atom stereocenters. The molecule has 10 aromatic carbocycles. The van der Waals surface area contributed by atoms with Gasteiger partial charge in [0.25, 0.3) is 0 Å². The molecular formula is C92H120N2Si3. The van der Waals surface area contributed by atoms with Gasteiger partial charge in [0, 0.05) is 31.3 Å². The first-order valence-electron chi connectivity index (χ1n) is 35.6. The van der Waals surface area contributed by atoms with Crippen molar-refractivity contribution in [3.8, 4) is 11.8 Å². The summed E-state index contributed by atoms with van der Waals surface area (Å²) in [6, 6.07) is 104. The van der Waals surface area contributed by atoms with Gasteiger partial charge in [0.2, 0.25) is 0 Å². The Balaban J connectivity index is 0.000000230. The summed E-state index contributed by atoms with van der Waals surface area (Å²) in [6.45, 7) is 52.8. The quantitative estimate of drug-likeness (QED) is 0.110. The zero-order chi connectivity index (χ0) is 73.0. The molecule has 11 rings (SSSR count). The van der Waals surface area contributed by atoms with Crippen molar-refractivity contribution in [2.45, 2.75) is 186 Å². The summed E-state index contributed by atoms with van der Waals surface area (Å²) in [5.41, 5.74) is 6.61. The number of hydrogen-bond donors (Lipinski definition) is 0. The summed E-state index contributed by atoms with van der Waals surface area (Å²) in [6.07, 6.45) is 0. The molecule has 0 bridgehead atoms. The van der Waals surface area contributed by atoms with E-state index < -0.39 is 24.2 Å². The summed E-state index contributed by atoms with van der Waals surface area (Å²) in [5.74, 6) is 0.583. The summed E-state index contributed by atoms with van der Waals surface area (Å²) >= 11 is 0. The summed E-state index contributed by atoms with van der Waals surface area (Å²) < 4.78 is 9.31. The van der Waals surface area contributed by atoms with Gasteiger partial charge in [0.15, 0.2) is 16.1 Å². The highest BCUT2D eigenvalue weighted by atomic mass is 28.3. The van der Waals surface area contributed by atoms with Gasteiger partial charge in [-0.25, -0.2) is 0 Å². The fraction of sp³-hybridized carbons (Fsp3) is 0.337. The van der Waals surface area contributed by atoms with Crippen molar-refractivity contribution in [2.75, 3.05) is 0 Å². The lowest BCUT2D eigenvalue weighted by Gasteiger charge is -2.44. The maximum absolute atomic E-state index is 8.15. The molecule has 0 saturated carbocycles. The van der Waals surface area contributed by atoms with E-state index in [0.717, 1.165) is 5.92 Å². The van der Waals surface area contributed by atoms with Crippen LogP contribution in [-0.4, -0.2) is 28.8 Å². The molecule has 97 heavy (non-hydrogen) atoms. The third-order valence-corrected chi connectivity index (χ3v) is 32.8. The minimum absolute atomic E-state index is 0.111. The van der Waals surface area contributed by atoms with Crippen molar-refractivity contribution in [1.29, 1.82) is 5.26 Å². The molecule has 0 aliphatic rings. The Morgan fingerprint density at radius 2 is 0.588 bits per heavy atom. The molecule has 11 aromatic rings. The average molecular weight is 1340 g/mol. The first-order chi connectivity index (χ1) is 45.7. The Morgan fingerprint density at radius 3 is 0.856 bits per heavy atom. The predicted octanol–water partition coefficient (Wildman–Crippen LogP) is 22.4. The zero-order valence-corrected chi connectivity index (χ0v) is 67.0. The van der Waals surface area contributed by atoms with Crippen LogP contribution in [0.15, 0.2) is 279 Å². The molecular weight excluding hydrogens is 1220 g/mol. The Kier molecular flexibility index (Phi) is 28.3. The summed E-state index contributed by atoms with van der Waals surface area (Å²) in [5, 5.41) is 21.6. The van der Waals surface area contributed by atoms with Gasteiger partial charge in [-0.05, 0) is 125 Å². The number of nitrogens with zero attached hydrogens (tertiary/aromatic N) is 2. The fourth-order valence-electron chi connectivity index (χ4n) is 11.5. The van der Waals surface area contributed by atoms with Crippen LogP contribution in [0.4, 0.5) is 0 Å². The van der Waals surface area contributed by atoms with Crippen molar-refractivity contribution >= 4 is 82.3 Å². The Bertz CT molecular complexity index is 3890. The molecule has 5 heteroatoms. The van der Waals surface area contributed by atoms with Crippen molar-refractivity contribution in [1.82, 2.24) is 4.57 Å². The van der Waals surface area contributed by atoms with E-state index in [1.807, 2.05) is 41.5 Å². The summed E-state index contributed by atoms with van der Waals surface area (Å²) in [4.78, 5) is 0. The molecule has 1 heterocycles. The largest absolute Gasteiger partial charge is 0.309 e. The second-order valence-corrected chi connectivity index (χ2v) is 47.6. The molecule has 0 fully saturated rings. The van der Waals surface area contributed by atoms with E-state index in [4.69, 9.17) is 6.63 Å². The predicted molar refractivity (Wildman–Crippen MR) is 441 cm³/mol. The minimum Gasteiger partial charge on any atom is -0.309 e. The van der Waals surface area contributed by atoms with Crippen LogP contribution in [-0.2, 0) is 10.8 Å². The maximum Gasteiger partial charge on any atom is 0.179 e. The molecule has 0 N–H and O–H groups in total. The minimum atomic E-state index is -2.41. The molecule has 0 saturated heterocycles. The van der Waals surface area contributed by atoms with E-state index in [2.05, 4.69) is 413 Å². The van der Waals surface area contributed by atoms with Gasteiger partial charge in [-0.15, -0.1) is 0 Å². The van der Waals surface area contributed by atoms with Gasteiger partial charge >= 0.3 is 0 Å². The smallest absolute Gasteiger partial charge is 0.179 e. The number of rotatable bonds is 8. The summed E-state index contributed by atoms with van der Waals surface area (Å²) in [7, 11) is -5.39. The van der Waals surface area contributed by atoms with E-state index in [1.54, 1.807) is 0 Å². The average Bonchev–Trinajstić information content (AvgIpc) is 1.43. The molecule has 0 aliphatic carbocycles. The van der Waals surface area contributed by atoms with Crippen LogP contribution in [0.25, 0.3) is 27.5 Å². The third kappa shape index (κ3) is 21.8. The SMILES string of the molecule is CC(C)(C)C#N.CC(C)(C)[Si](C)(C)C.CC(C)(C)[Si](c1ccccc1)(c1ccccc1)c1ccccc1.CC(C)(C)c1cccc(-n2c3ccccc3c3ccccc32)c1.CC(C)(C)c1cccc([Si](c2ccccc2)(c2ccccc2)c2ccccc2)c1.CC(C)C.[2H]C(C)(C)C. The second-order valence-electron chi connectivity index (χ2n) is 33.0. The maximum atomic E-state index is 8.15. The van der Waals surface area contributed by atoms with E-state index in [9.17, 15) is 0 Å². The number of fused-ring (bicyclic) bond motifs is 3. The van der Waals surface area contributed by atoms with Crippen molar-refractivity contribution in [3.63, 3.8) is 0 Å². The Labute approximate surface area is 594 Å². The van der Waals surface area contributed by atoms with Crippen molar-refractivity contribution in [2.24, 2.45) is 17.2 Å².